The minimum Gasteiger partial charge on any atom is -0.352 e. The first-order valence-electron chi connectivity index (χ1n) is 10.6. The van der Waals surface area contributed by atoms with Crippen LogP contribution in [-0.2, 0) is 22.6 Å². The Morgan fingerprint density at radius 2 is 1.84 bits per heavy atom. The number of carbonyl (C=O) groups excluding carboxylic acids is 2. The zero-order chi connectivity index (χ0) is 22.4. The number of benzene rings is 2. The number of carbonyl (C=O) groups is 2. The summed E-state index contributed by atoms with van der Waals surface area (Å²) in [5.74, 6) is -1.12. The van der Waals surface area contributed by atoms with Gasteiger partial charge in [-0.2, -0.15) is 0 Å². The summed E-state index contributed by atoms with van der Waals surface area (Å²) in [7, 11) is 0. The highest BCUT2D eigenvalue weighted by atomic mass is 35.5. The van der Waals surface area contributed by atoms with Gasteiger partial charge in [0.2, 0.25) is 11.8 Å². The molecule has 3 rings (SSSR count). The van der Waals surface area contributed by atoms with Crippen LogP contribution in [0.1, 0.15) is 50.2 Å². The summed E-state index contributed by atoms with van der Waals surface area (Å²) in [5, 5.41) is 3.81. The van der Waals surface area contributed by atoms with Gasteiger partial charge in [0, 0.05) is 28.2 Å². The molecule has 1 aliphatic rings. The maximum atomic E-state index is 14.3. The molecule has 0 saturated heterocycles. The van der Waals surface area contributed by atoms with E-state index in [0.717, 1.165) is 31.2 Å². The Labute approximate surface area is 192 Å². The Kier molecular flexibility index (Phi) is 8.33. The molecule has 7 heteroatoms. The van der Waals surface area contributed by atoms with E-state index in [9.17, 15) is 14.0 Å². The van der Waals surface area contributed by atoms with Gasteiger partial charge in [0.1, 0.15) is 11.9 Å². The molecule has 0 bridgehead atoms. The summed E-state index contributed by atoms with van der Waals surface area (Å²) < 4.78 is 14.3. The van der Waals surface area contributed by atoms with E-state index >= 15 is 0 Å². The number of amides is 2. The predicted molar refractivity (Wildman–Crippen MR) is 122 cm³/mol. The van der Waals surface area contributed by atoms with Crippen LogP contribution >= 0.6 is 23.2 Å². The second-order valence-electron chi connectivity index (χ2n) is 8.05. The molecule has 2 aromatic carbocycles. The van der Waals surface area contributed by atoms with E-state index < -0.39 is 11.9 Å². The molecule has 0 unspecified atom stereocenters. The third-order valence-electron chi connectivity index (χ3n) is 5.75. The molecule has 1 atom stereocenters. The molecule has 2 aromatic rings. The monoisotopic (exact) mass is 464 g/mol. The fourth-order valence-electron chi connectivity index (χ4n) is 3.94. The van der Waals surface area contributed by atoms with Crippen molar-refractivity contribution >= 4 is 35.0 Å². The van der Waals surface area contributed by atoms with E-state index in [1.54, 1.807) is 31.2 Å². The molecule has 1 aliphatic carbocycles. The fraction of sp³-hybridized carbons (Fsp3) is 0.417. The number of rotatable bonds is 7. The second kappa shape index (κ2) is 11.0. The van der Waals surface area contributed by atoms with Crippen molar-refractivity contribution < 1.29 is 14.0 Å². The summed E-state index contributed by atoms with van der Waals surface area (Å²) in [6, 6.07) is 10.9. The summed E-state index contributed by atoms with van der Waals surface area (Å²) in [6.07, 6.45) is 5.04. The molecule has 1 saturated carbocycles. The van der Waals surface area contributed by atoms with Gasteiger partial charge in [-0.3, -0.25) is 9.59 Å². The predicted octanol–water partition coefficient (Wildman–Crippen LogP) is 5.54. The van der Waals surface area contributed by atoms with E-state index in [4.69, 9.17) is 23.2 Å². The average molecular weight is 465 g/mol. The van der Waals surface area contributed by atoms with Gasteiger partial charge in [0.15, 0.2) is 0 Å². The van der Waals surface area contributed by atoms with Crippen molar-refractivity contribution in [1.82, 2.24) is 10.2 Å². The SMILES string of the molecule is C[C@H](C(=O)NC1CCCCC1)N(Cc1cccc(Cl)c1)C(=O)Cc1c(F)cccc1Cl. The van der Waals surface area contributed by atoms with Crippen molar-refractivity contribution in [2.75, 3.05) is 0 Å². The second-order valence-corrected chi connectivity index (χ2v) is 8.89. The van der Waals surface area contributed by atoms with Gasteiger partial charge < -0.3 is 10.2 Å². The molecule has 0 aromatic heterocycles. The third-order valence-corrected chi connectivity index (χ3v) is 6.34. The molecule has 0 aliphatic heterocycles. The van der Waals surface area contributed by atoms with Crippen LogP contribution < -0.4 is 5.32 Å². The lowest BCUT2D eigenvalue weighted by molar-refractivity contribution is -0.140. The maximum absolute atomic E-state index is 14.3. The zero-order valence-corrected chi connectivity index (χ0v) is 19.1. The summed E-state index contributed by atoms with van der Waals surface area (Å²) >= 11 is 12.2. The lowest BCUT2D eigenvalue weighted by atomic mass is 9.95. The van der Waals surface area contributed by atoms with E-state index in [1.165, 1.54) is 23.5 Å². The molecular formula is C24H27Cl2FN2O2. The summed E-state index contributed by atoms with van der Waals surface area (Å²) in [4.78, 5) is 27.7. The van der Waals surface area contributed by atoms with Gasteiger partial charge in [-0.25, -0.2) is 4.39 Å². The first kappa shape index (κ1) is 23.6. The van der Waals surface area contributed by atoms with Crippen molar-refractivity contribution in [3.05, 3.63) is 69.5 Å². The molecule has 2 amide bonds. The largest absolute Gasteiger partial charge is 0.352 e. The normalized spacial score (nSPS) is 15.4. The molecule has 4 nitrogen and oxygen atoms in total. The van der Waals surface area contributed by atoms with Crippen LogP contribution in [0.4, 0.5) is 4.39 Å². The lowest BCUT2D eigenvalue weighted by Crippen LogP contribution is -2.50. The lowest BCUT2D eigenvalue weighted by Gasteiger charge is -2.31. The molecule has 1 fully saturated rings. The first-order valence-corrected chi connectivity index (χ1v) is 11.4. The Bertz CT molecular complexity index is 911. The van der Waals surface area contributed by atoms with Crippen molar-refractivity contribution in [3.63, 3.8) is 0 Å². The van der Waals surface area contributed by atoms with Gasteiger partial charge in [0.25, 0.3) is 0 Å². The van der Waals surface area contributed by atoms with E-state index in [2.05, 4.69) is 5.32 Å². The molecule has 31 heavy (non-hydrogen) atoms. The zero-order valence-electron chi connectivity index (χ0n) is 17.5. The number of halogens is 3. The standard InChI is InChI=1S/C24H27Cl2FN2O2/c1-16(24(31)28-19-9-3-2-4-10-19)29(15-17-7-5-8-18(25)13-17)23(30)14-20-21(26)11-6-12-22(20)27/h5-8,11-13,16,19H,2-4,9-10,14-15H2,1H3,(H,28,31)/t16-/m1/s1. The topological polar surface area (TPSA) is 49.4 Å². The van der Waals surface area contributed by atoms with Gasteiger partial charge in [-0.15, -0.1) is 0 Å². The van der Waals surface area contributed by atoms with Gasteiger partial charge in [-0.1, -0.05) is 60.7 Å². The molecular weight excluding hydrogens is 438 g/mol. The highest BCUT2D eigenvalue weighted by molar-refractivity contribution is 6.31. The Hall–Kier alpha value is -2.11. The van der Waals surface area contributed by atoms with E-state index in [0.29, 0.717) is 5.02 Å². The number of nitrogens with zero attached hydrogens (tertiary/aromatic N) is 1. The van der Waals surface area contributed by atoms with Crippen LogP contribution in [-0.4, -0.2) is 28.8 Å². The van der Waals surface area contributed by atoms with E-state index in [-0.39, 0.29) is 41.4 Å². The quantitative estimate of drug-likeness (QED) is 0.584. The van der Waals surface area contributed by atoms with Gasteiger partial charge in [0.05, 0.1) is 6.42 Å². The summed E-state index contributed by atoms with van der Waals surface area (Å²) in [6.45, 7) is 1.88. The Morgan fingerprint density at radius 1 is 1.13 bits per heavy atom. The Morgan fingerprint density at radius 3 is 2.52 bits per heavy atom. The smallest absolute Gasteiger partial charge is 0.242 e. The van der Waals surface area contributed by atoms with Crippen LogP contribution in [0.3, 0.4) is 0 Å². The van der Waals surface area contributed by atoms with Crippen molar-refractivity contribution in [2.45, 2.75) is 64.1 Å². The minimum atomic E-state index is -0.723. The van der Waals surface area contributed by atoms with Crippen molar-refractivity contribution in [1.29, 1.82) is 0 Å². The van der Waals surface area contributed by atoms with Crippen LogP contribution in [0.2, 0.25) is 10.0 Å². The molecule has 166 valence electrons. The summed E-state index contributed by atoms with van der Waals surface area (Å²) in [5.41, 5.74) is 0.919. The molecule has 1 N–H and O–H groups in total. The third kappa shape index (κ3) is 6.44. The minimum absolute atomic E-state index is 0.130. The van der Waals surface area contributed by atoms with E-state index in [1.807, 2.05) is 6.07 Å². The van der Waals surface area contributed by atoms with Crippen LogP contribution in [0.25, 0.3) is 0 Å². The first-order chi connectivity index (χ1) is 14.8. The average Bonchev–Trinajstić information content (AvgIpc) is 2.75. The van der Waals surface area contributed by atoms with Crippen molar-refractivity contribution in [3.8, 4) is 0 Å². The maximum Gasteiger partial charge on any atom is 0.242 e. The van der Waals surface area contributed by atoms with Crippen LogP contribution in [0.15, 0.2) is 42.5 Å². The van der Waals surface area contributed by atoms with Crippen molar-refractivity contribution in [2.24, 2.45) is 0 Å². The van der Waals surface area contributed by atoms with Crippen LogP contribution in [0.5, 0.6) is 0 Å². The number of hydrogen-bond donors (Lipinski definition) is 1. The molecule has 0 spiro atoms. The highest BCUT2D eigenvalue weighted by Crippen LogP contribution is 2.23. The van der Waals surface area contributed by atoms with Crippen LogP contribution in [0, 0.1) is 5.82 Å². The molecule has 0 radical (unpaired) electrons. The molecule has 0 heterocycles. The Balaban J connectivity index is 1.80. The number of hydrogen-bond acceptors (Lipinski definition) is 2. The van der Waals surface area contributed by atoms with Gasteiger partial charge >= 0.3 is 0 Å². The fourth-order valence-corrected chi connectivity index (χ4v) is 4.38. The van der Waals surface area contributed by atoms with Gasteiger partial charge in [-0.05, 0) is 49.6 Å². The number of nitrogens with one attached hydrogen (secondary N) is 1. The highest BCUT2D eigenvalue weighted by Gasteiger charge is 2.29.